The van der Waals surface area contributed by atoms with E-state index in [1.54, 1.807) is 18.2 Å². The predicted octanol–water partition coefficient (Wildman–Crippen LogP) is 2.61. The topological polar surface area (TPSA) is 110 Å². The number of carbonyl (C=O) groups excluding carboxylic acids is 1. The lowest BCUT2D eigenvalue weighted by Crippen LogP contribution is -2.23. The lowest BCUT2D eigenvalue weighted by molar-refractivity contribution is 0.0946. The van der Waals surface area contributed by atoms with Crippen LogP contribution in [-0.2, 0) is 16.6 Å². The zero-order valence-corrected chi connectivity index (χ0v) is 15.8. The standard InChI is InChI=1S/C19H16FN3O5S/c20-14-3-1-2-4-15(14)23-29(25,26)13-8-16(21-10-13)19(24)22-9-12-5-6-17-18(7-12)28-11-27-17/h1-8,10,21,23H,9,11H2,(H,22,24). The van der Waals surface area contributed by atoms with Gasteiger partial charge in [0.25, 0.3) is 15.9 Å². The van der Waals surface area contributed by atoms with Gasteiger partial charge < -0.3 is 19.8 Å². The van der Waals surface area contributed by atoms with Gasteiger partial charge in [0, 0.05) is 12.7 Å². The summed E-state index contributed by atoms with van der Waals surface area (Å²) in [6.07, 6.45) is 1.17. The molecule has 1 aliphatic heterocycles. The van der Waals surface area contributed by atoms with E-state index in [2.05, 4.69) is 15.0 Å². The molecule has 8 nitrogen and oxygen atoms in total. The number of sulfonamides is 1. The molecule has 2 aromatic carbocycles. The molecule has 10 heteroatoms. The van der Waals surface area contributed by atoms with Gasteiger partial charge in [-0.3, -0.25) is 9.52 Å². The van der Waals surface area contributed by atoms with Crippen molar-refractivity contribution in [2.45, 2.75) is 11.4 Å². The molecular weight excluding hydrogens is 401 g/mol. The quantitative estimate of drug-likeness (QED) is 0.571. The van der Waals surface area contributed by atoms with Crippen molar-refractivity contribution in [2.24, 2.45) is 0 Å². The number of aromatic amines is 1. The molecular formula is C19H16FN3O5S. The fourth-order valence-electron chi connectivity index (χ4n) is 2.74. The van der Waals surface area contributed by atoms with E-state index >= 15 is 0 Å². The van der Waals surface area contributed by atoms with Crippen LogP contribution in [0.1, 0.15) is 16.1 Å². The molecule has 2 heterocycles. The minimum Gasteiger partial charge on any atom is -0.454 e. The number of benzene rings is 2. The van der Waals surface area contributed by atoms with E-state index in [-0.39, 0.29) is 29.6 Å². The number of hydrogen-bond donors (Lipinski definition) is 3. The zero-order valence-electron chi connectivity index (χ0n) is 14.9. The van der Waals surface area contributed by atoms with Crippen molar-refractivity contribution in [3.63, 3.8) is 0 Å². The minimum atomic E-state index is -4.05. The summed E-state index contributed by atoms with van der Waals surface area (Å²) < 4.78 is 51.2. The Morgan fingerprint density at radius 2 is 1.90 bits per heavy atom. The Bertz CT molecular complexity index is 1180. The third-order valence-corrected chi connectivity index (χ3v) is 5.56. The van der Waals surface area contributed by atoms with E-state index in [4.69, 9.17) is 9.47 Å². The van der Waals surface area contributed by atoms with Crippen molar-refractivity contribution in [3.8, 4) is 11.5 Å². The summed E-state index contributed by atoms with van der Waals surface area (Å²) in [5.74, 6) is 0.0502. The molecule has 150 valence electrons. The number of amides is 1. The highest BCUT2D eigenvalue weighted by atomic mass is 32.2. The molecule has 3 N–H and O–H groups in total. The first-order valence-corrected chi connectivity index (χ1v) is 10.0. The van der Waals surface area contributed by atoms with Gasteiger partial charge in [-0.15, -0.1) is 0 Å². The molecule has 0 bridgehead atoms. The summed E-state index contributed by atoms with van der Waals surface area (Å²) in [5, 5.41) is 2.69. The lowest BCUT2D eigenvalue weighted by Gasteiger charge is -2.07. The number of anilines is 1. The van der Waals surface area contributed by atoms with E-state index in [1.165, 1.54) is 30.5 Å². The Balaban J connectivity index is 1.42. The van der Waals surface area contributed by atoms with Crippen LogP contribution < -0.4 is 19.5 Å². The first kappa shape index (κ1) is 18.8. The molecule has 0 spiro atoms. The molecule has 0 fully saturated rings. The van der Waals surface area contributed by atoms with Crippen LogP contribution in [0.2, 0.25) is 0 Å². The van der Waals surface area contributed by atoms with Crippen LogP contribution in [0.4, 0.5) is 10.1 Å². The fourth-order valence-corrected chi connectivity index (χ4v) is 3.80. The van der Waals surface area contributed by atoms with Gasteiger partial charge in [-0.25, -0.2) is 12.8 Å². The molecule has 3 aromatic rings. The number of halogens is 1. The van der Waals surface area contributed by atoms with Crippen LogP contribution in [0, 0.1) is 5.82 Å². The van der Waals surface area contributed by atoms with Gasteiger partial charge in [0.05, 0.1) is 5.69 Å². The van der Waals surface area contributed by atoms with Crippen LogP contribution in [0.3, 0.4) is 0 Å². The number of H-pyrrole nitrogens is 1. The maximum atomic E-state index is 13.7. The highest BCUT2D eigenvalue weighted by Crippen LogP contribution is 2.32. The van der Waals surface area contributed by atoms with Crippen molar-refractivity contribution >= 4 is 21.6 Å². The highest BCUT2D eigenvalue weighted by Gasteiger charge is 2.20. The monoisotopic (exact) mass is 417 g/mol. The molecule has 0 atom stereocenters. The largest absolute Gasteiger partial charge is 0.454 e. The highest BCUT2D eigenvalue weighted by molar-refractivity contribution is 7.92. The van der Waals surface area contributed by atoms with Gasteiger partial charge in [0.2, 0.25) is 6.79 Å². The van der Waals surface area contributed by atoms with Crippen LogP contribution in [0.25, 0.3) is 0 Å². The third kappa shape index (κ3) is 4.02. The van der Waals surface area contributed by atoms with Crippen molar-refractivity contribution in [2.75, 3.05) is 11.5 Å². The number of para-hydroxylation sites is 1. The molecule has 4 rings (SSSR count). The van der Waals surface area contributed by atoms with Gasteiger partial charge >= 0.3 is 0 Å². The lowest BCUT2D eigenvalue weighted by atomic mass is 10.2. The summed E-state index contributed by atoms with van der Waals surface area (Å²) in [7, 11) is -4.05. The second-order valence-corrected chi connectivity index (χ2v) is 7.89. The van der Waals surface area contributed by atoms with E-state index in [9.17, 15) is 17.6 Å². The minimum absolute atomic E-state index is 0.0552. The van der Waals surface area contributed by atoms with Crippen molar-refractivity contribution in [1.82, 2.24) is 10.3 Å². The van der Waals surface area contributed by atoms with E-state index in [1.807, 2.05) is 0 Å². The van der Waals surface area contributed by atoms with Crippen molar-refractivity contribution in [1.29, 1.82) is 0 Å². The molecule has 0 saturated heterocycles. The molecule has 0 radical (unpaired) electrons. The molecule has 1 amide bonds. The number of rotatable bonds is 6. The van der Waals surface area contributed by atoms with Crippen LogP contribution >= 0.6 is 0 Å². The molecule has 0 unspecified atom stereocenters. The van der Waals surface area contributed by atoms with E-state index < -0.39 is 21.7 Å². The second kappa shape index (κ2) is 7.47. The van der Waals surface area contributed by atoms with E-state index in [0.29, 0.717) is 11.5 Å². The molecule has 29 heavy (non-hydrogen) atoms. The summed E-state index contributed by atoms with van der Waals surface area (Å²) in [5.41, 5.74) is 0.672. The molecule has 1 aromatic heterocycles. The van der Waals surface area contributed by atoms with E-state index in [0.717, 1.165) is 11.6 Å². The Morgan fingerprint density at radius 1 is 1.10 bits per heavy atom. The number of fused-ring (bicyclic) bond motifs is 1. The van der Waals surface area contributed by atoms with Crippen LogP contribution in [-0.4, -0.2) is 26.1 Å². The number of carbonyl (C=O) groups is 1. The number of ether oxygens (including phenoxy) is 2. The van der Waals surface area contributed by atoms with Gasteiger partial charge in [-0.05, 0) is 35.9 Å². The smallest absolute Gasteiger partial charge is 0.268 e. The number of nitrogens with one attached hydrogen (secondary N) is 3. The van der Waals surface area contributed by atoms with Crippen molar-refractivity contribution in [3.05, 3.63) is 71.8 Å². The average Bonchev–Trinajstić information content (AvgIpc) is 3.37. The average molecular weight is 417 g/mol. The maximum absolute atomic E-state index is 13.7. The summed E-state index contributed by atoms with van der Waals surface area (Å²) in [6, 6.07) is 11.9. The number of hydrogen-bond acceptors (Lipinski definition) is 5. The SMILES string of the molecule is O=C(NCc1ccc2c(c1)OCO2)c1cc(S(=O)(=O)Nc2ccccc2F)c[nH]1. The Kier molecular flexibility index (Phi) is 4.85. The molecule has 0 aliphatic carbocycles. The maximum Gasteiger partial charge on any atom is 0.268 e. The second-order valence-electron chi connectivity index (χ2n) is 6.20. The van der Waals surface area contributed by atoms with Crippen LogP contribution in [0.15, 0.2) is 59.6 Å². The Hall–Kier alpha value is -3.53. The first-order valence-electron chi connectivity index (χ1n) is 8.55. The normalized spacial score (nSPS) is 12.6. The fraction of sp³-hybridized carbons (Fsp3) is 0.105. The van der Waals surface area contributed by atoms with Gasteiger partial charge in [0.15, 0.2) is 11.5 Å². The van der Waals surface area contributed by atoms with Crippen LogP contribution in [0.5, 0.6) is 11.5 Å². The summed E-state index contributed by atoms with van der Waals surface area (Å²) >= 11 is 0. The third-order valence-electron chi connectivity index (χ3n) is 4.22. The summed E-state index contributed by atoms with van der Waals surface area (Å²) in [6.45, 7) is 0.371. The zero-order chi connectivity index (χ0) is 20.4. The van der Waals surface area contributed by atoms with Crippen molar-refractivity contribution < 1.29 is 27.1 Å². The van der Waals surface area contributed by atoms with Gasteiger partial charge in [-0.1, -0.05) is 18.2 Å². The van der Waals surface area contributed by atoms with Gasteiger partial charge in [0.1, 0.15) is 16.4 Å². The summed E-state index contributed by atoms with van der Waals surface area (Å²) in [4.78, 5) is 14.8. The molecule has 0 saturated carbocycles. The Morgan fingerprint density at radius 3 is 2.72 bits per heavy atom. The molecule has 1 aliphatic rings. The predicted molar refractivity (Wildman–Crippen MR) is 102 cm³/mol. The first-order chi connectivity index (χ1) is 13.9. The number of aromatic nitrogens is 1. The van der Waals surface area contributed by atoms with Gasteiger partial charge in [-0.2, -0.15) is 0 Å². The Labute approximate surface area is 165 Å².